The van der Waals surface area contributed by atoms with Crippen LogP contribution in [-0.4, -0.2) is 39.0 Å². The van der Waals surface area contributed by atoms with Crippen LogP contribution in [0.4, 0.5) is 4.39 Å². The quantitative estimate of drug-likeness (QED) is 0.840. The van der Waals surface area contributed by atoms with E-state index in [0.29, 0.717) is 19.8 Å². The van der Waals surface area contributed by atoms with E-state index < -0.39 is 15.8 Å². The van der Waals surface area contributed by atoms with Gasteiger partial charge in [0.25, 0.3) is 0 Å². The van der Waals surface area contributed by atoms with Gasteiger partial charge in [-0.25, -0.2) is 12.8 Å². The zero-order chi connectivity index (χ0) is 14.4. The summed E-state index contributed by atoms with van der Waals surface area (Å²) in [5, 5.41) is 0.206. The van der Waals surface area contributed by atoms with E-state index >= 15 is 0 Å². The van der Waals surface area contributed by atoms with E-state index in [0.717, 1.165) is 25.0 Å². The Morgan fingerprint density at radius 2 is 2.10 bits per heavy atom. The molecule has 1 aliphatic heterocycles. The van der Waals surface area contributed by atoms with Crippen molar-refractivity contribution in [2.75, 3.05) is 26.3 Å². The number of hydrogen-bond acceptors (Lipinski definition) is 3. The second-order valence-electron chi connectivity index (χ2n) is 5.47. The molecule has 2 fully saturated rings. The summed E-state index contributed by atoms with van der Waals surface area (Å²) in [5.41, 5.74) is -0.0708. The third-order valence-corrected chi connectivity index (χ3v) is 5.97. The van der Waals surface area contributed by atoms with Crippen LogP contribution in [-0.2, 0) is 14.8 Å². The van der Waals surface area contributed by atoms with Crippen molar-refractivity contribution in [1.29, 1.82) is 0 Å². The van der Waals surface area contributed by atoms with Crippen LogP contribution in [0.3, 0.4) is 0 Å². The number of hydrogen-bond donors (Lipinski definition) is 0. The standard InChI is InChI=1S/C13H15ClFNO3S/c14-10-1-2-11(15)12(7-10)20(17,18)16-5-6-19-9-13(8-16)3-4-13/h1-2,7H,3-6,8-9H2. The second-order valence-corrected chi connectivity index (χ2v) is 7.81. The van der Waals surface area contributed by atoms with Gasteiger partial charge in [0.15, 0.2) is 0 Å². The van der Waals surface area contributed by atoms with Gasteiger partial charge in [-0.05, 0) is 31.0 Å². The first-order valence-corrected chi connectivity index (χ1v) is 8.28. The van der Waals surface area contributed by atoms with Crippen molar-refractivity contribution in [3.63, 3.8) is 0 Å². The molecule has 0 aromatic heterocycles. The number of ether oxygens (including phenoxy) is 1. The molecule has 20 heavy (non-hydrogen) atoms. The molecule has 0 N–H and O–H groups in total. The predicted molar refractivity (Wildman–Crippen MR) is 72.7 cm³/mol. The topological polar surface area (TPSA) is 46.6 Å². The Morgan fingerprint density at radius 1 is 1.35 bits per heavy atom. The van der Waals surface area contributed by atoms with Crippen molar-refractivity contribution >= 4 is 21.6 Å². The van der Waals surface area contributed by atoms with Gasteiger partial charge in [-0.3, -0.25) is 0 Å². The molecule has 1 aromatic rings. The average Bonchev–Trinajstić information content (AvgIpc) is 3.19. The van der Waals surface area contributed by atoms with Crippen molar-refractivity contribution < 1.29 is 17.5 Å². The van der Waals surface area contributed by atoms with Crippen molar-refractivity contribution in [3.8, 4) is 0 Å². The fourth-order valence-corrected chi connectivity index (χ4v) is 4.32. The van der Waals surface area contributed by atoms with Gasteiger partial charge in [-0.2, -0.15) is 4.31 Å². The first kappa shape index (κ1) is 14.3. The first-order valence-electron chi connectivity index (χ1n) is 6.46. The normalized spacial score (nSPS) is 22.7. The van der Waals surface area contributed by atoms with Crippen molar-refractivity contribution in [3.05, 3.63) is 29.0 Å². The lowest BCUT2D eigenvalue weighted by Crippen LogP contribution is -2.37. The van der Waals surface area contributed by atoms with Gasteiger partial charge in [0.1, 0.15) is 10.7 Å². The van der Waals surface area contributed by atoms with E-state index in [-0.39, 0.29) is 21.9 Å². The fourth-order valence-electron chi connectivity index (χ4n) is 2.45. The Balaban J connectivity index is 1.96. The molecule has 110 valence electrons. The molecule has 1 saturated heterocycles. The summed E-state index contributed by atoms with van der Waals surface area (Å²) in [6.07, 6.45) is 1.91. The number of nitrogens with zero attached hydrogens (tertiary/aromatic N) is 1. The van der Waals surface area contributed by atoms with Crippen LogP contribution in [0.25, 0.3) is 0 Å². The maximum absolute atomic E-state index is 13.8. The summed E-state index contributed by atoms with van der Waals surface area (Å²) >= 11 is 5.79. The maximum atomic E-state index is 13.8. The minimum Gasteiger partial charge on any atom is -0.379 e. The van der Waals surface area contributed by atoms with Gasteiger partial charge in [0.05, 0.1) is 13.2 Å². The molecule has 1 spiro atoms. The summed E-state index contributed by atoms with van der Waals surface area (Å²) in [6.45, 7) is 1.55. The molecule has 1 heterocycles. The van der Waals surface area contributed by atoms with E-state index in [1.165, 1.54) is 10.4 Å². The van der Waals surface area contributed by atoms with E-state index in [1.807, 2.05) is 0 Å². The van der Waals surface area contributed by atoms with E-state index in [1.54, 1.807) is 0 Å². The Bertz CT molecular complexity index is 631. The summed E-state index contributed by atoms with van der Waals surface area (Å²) in [5.74, 6) is -0.774. The molecule has 0 atom stereocenters. The van der Waals surface area contributed by atoms with E-state index in [4.69, 9.17) is 16.3 Å². The minimum absolute atomic E-state index is 0.0708. The van der Waals surface area contributed by atoms with Crippen LogP contribution in [0, 0.1) is 11.2 Å². The number of sulfonamides is 1. The van der Waals surface area contributed by atoms with Gasteiger partial charge in [0, 0.05) is 23.5 Å². The van der Waals surface area contributed by atoms with E-state index in [9.17, 15) is 12.8 Å². The number of rotatable bonds is 2. The van der Waals surface area contributed by atoms with Crippen molar-refractivity contribution in [1.82, 2.24) is 4.31 Å². The molecule has 7 heteroatoms. The zero-order valence-electron chi connectivity index (χ0n) is 10.8. The molecule has 1 aliphatic carbocycles. The Kier molecular flexibility index (Phi) is 3.52. The predicted octanol–water partition coefficient (Wildman–Crippen LogP) is 2.28. The molecule has 2 aliphatic rings. The highest BCUT2D eigenvalue weighted by Gasteiger charge is 2.48. The smallest absolute Gasteiger partial charge is 0.246 e. The van der Waals surface area contributed by atoms with Crippen LogP contribution in [0.1, 0.15) is 12.8 Å². The average molecular weight is 320 g/mol. The Labute approximate surface area is 122 Å². The van der Waals surface area contributed by atoms with Gasteiger partial charge in [0.2, 0.25) is 10.0 Å². The molecule has 0 radical (unpaired) electrons. The highest BCUT2D eigenvalue weighted by molar-refractivity contribution is 7.89. The molecule has 4 nitrogen and oxygen atoms in total. The number of halogens is 2. The number of benzene rings is 1. The molecular weight excluding hydrogens is 305 g/mol. The molecule has 0 unspecified atom stereocenters. The van der Waals surface area contributed by atoms with Crippen molar-refractivity contribution in [2.45, 2.75) is 17.7 Å². The van der Waals surface area contributed by atoms with Gasteiger partial charge >= 0.3 is 0 Å². The molecule has 3 rings (SSSR count). The lowest BCUT2D eigenvalue weighted by Gasteiger charge is -2.23. The van der Waals surface area contributed by atoms with Crippen LogP contribution in [0.15, 0.2) is 23.1 Å². The van der Waals surface area contributed by atoms with Gasteiger partial charge in [-0.15, -0.1) is 0 Å². The largest absolute Gasteiger partial charge is 0.379 e. The summed E-state index contributed by atoms with van der Waals surface area (Å²) in [4.78, 5) is -0.359. The Hall–Kier alpha value is -0.690. The van der Waals surface area contributed by atoms with Crippen LogP contribution in [0.2, 0.25) is 5.02 Å². The third kappa shape index (κ3) is 2.57. The third-order valence-electron chi connectivity index (χ3n) is 3.87. The summed E-state index contributed by atoms with van der Waals surface area (Å²) in [7, 11) is -3.88. The molecule has 1 aromatic carbocycles. The fraction of sp³-hybridized carbons (Fsp3) is 0.538. The second kappa shape index (κ2) is 4.94. The summed E-state index contributed by atoms with van der Waals surface area (Å²) in [6, 6.07) is 3.58. The molecule has 1 saturated carbocycles. The maximum Gasteiger partial charge on any atom is 0.246 e. The first-order chi connectivity index (χ1) is 9.43. The molecule has 0 bridgehead atoms. The van der Waals surface area contributed by atoms with Crippen LogP contribution in [0.5, 0.6) is 0 Å². The molecular formula is C13H15ClFNO3S. The lowest BCUT2D eigenvalue weighted by molar-refractivity contribution is 0.115. The minimum atomic E-state index is -3.88. The van der Waals surface area contributed by atoms with Crippen LogP contribution < -0.4 is 0 Å². The summed E-state index contributed by atoms with van der Waals surface area (Å²) < 4.78 is 45.8. The lowest BCUT2D eigenvalue weighted by atomic mass is 10.1. The SMILES string of the molecule is O=S(=O)(c1cc(Cl)ccc1F)N1CCOCC2(CC2)C1. The van der Waals surface area contributed by atoms with Crippen LogP contribution >= 0.6 is 11.6 Å². The van der Waals surface area contributed by atoms with Crippen molar-refractivity contribution in [2.24, 2.45) is 5.41 Å². The van der Waals surface area contributed by atoms with Gasteiger partial charge < -0.3 is 4.74 Å². The monoisotopic (exact) mass is 319 g/mol. The highest BCUT2D eigenvalue weighted by atomic mass is 35.5. The highest BCUT2D eigenvalue weighted by Crippen LogP contribution is 2.48. The molecule has 0 amide bonds. The zero-order valence-corrected chi connectivity index (χ0v) is 12.4. The van der Waals surface area contributed by atoms with E-state index in [2.05, 4.69) is 0 Å². The Morgan fingerprint density at radius 3 is 2.80 bits per heavy atom. The van der Waals surface area contributed by atoms with Gasteiger partial charge in [-0.1, -0.05) is 11.6 Å².